The van der Waals surface area contributed by atoms with Crippen molar-refractivity contribution in [3.05, 3.63) is 73.9 Å². The van der Waals surface area contributed by atoms with Gasteiger partial charge in [0.1, 0.15) is 6.54 Å². The van der Waals surface area contributed by atoms with Gasteiger partial charge < -0.3 is 10.6 Å². The van der Waals surface area contributed by atoms with Crippen LogP contribution in [-0.2, 0) is 18.4 Å². The summed E-state index contributed by atoms with van der Waals surface area (Å²) in [4.78, 5) is 52.1. The van der Waals surface area contributed by atoms with E-state index in [2.05, 4.69) is 15.7 Å². The number of anilines is 1. The fourth-order valence-electron chi connectivity index (χ4n) is 5.14. The lowest BCUT2D eigenvalue weighted by Gasteiger charge is -2.22. The number of fused-ring (bicyclic) bond motifs is 3. The smallest absolute Gasteiger partial charge is 0.349 e. The number of amides is 2. The largest absolute Gasteiger partial charge is 0.352 e. The molecule has 2 aromatic carbocycles. The summed E-state index contributed by atoms with van der Waals surface area (Å²) in [5, 5.41) is 10.4. The van der Waals surface area contributed by atoms with Gasteiger partial charge in [-0.15, -0.1) is 5.10 Å². The van der Waals surface area contributed by atoms with Crippen LogP contribution in [0.5, 0.6) is 0 Å². The van der Waals surface area contributed by atoms with Gasteiger partial charge in [-0.05, 0) is 68.1 Å². The maximum atomic E-state index is 13.4. The van der Waals surface area contributed by atoms with Crippen LogP contribution in [0, 0.1) is 13.8 Å². The Morgan fingerprint density at radius 1 is 1.00 bits per heavy atom. The van der Waals surface area contributed by atoms with Crippen molar-refractivity contribution >= 4 is 34.2 Å². The van der Waals surface area contributed by atoms with Crippen molar-refractivity contribution in [1.82, 2.24) is 24.1 Å². The summed E-state index contributed by atoms with van der Waals surface area (Å²) >= 11 is 0. The molecule has 1 fully saturated rings. The molecule has 0 aliphatic heterocycles. The van der Waals surface area contributed by atoms with Gasteiger partial charge in [-0.2, -0.15) is 0 Å². The van der Waals surface area contributed by atoms with Crippen LogP contribution in [0.3, 0.4) is 0 Å². The van der Waals surface area contributed by atoms with Crippen molar-refractivity contribution < 1.29 is 9.59 Å². The average molecular weight is 503 g/mol. The summed E-state index contributed by atoms with van der Waals surface area (Å²) < 4.78 is 3.57. The third-order valence-corrected chi connectivity index (χ3v) is 6.90. The number of nitrogens with zero attached hydrogens (tertiary/aromatic N) is 4. The first kappa shape index (κ1) is 24.5. The van der Waals surface area contributed by atoms with Gasteiger partial charge in [0, 0.05) is 24.3 Å². The third-order valence-electron chi connectivity index (χ3n) is 6.90. The molecule has 0 radical (unpaired) electrons. The van der Waals surface area contributed by atoms with Crippen molar-refractivity contribution in [2.45, 2.75) is 58.5 Å². The number of carbonyl (C=O) groups excluding carboxylic acids is 2. The minimum absolute atomic E-state index is 0.0894. The van der Waals surface area contributed by atoms with Crippen LogP contribution in [-0.4, -0.2) is 36.6 Å². The van der Waals surface area contributed by atoms with E-state index in [1.165, 1.54) is 22.4 Å². The van der Waals surface area contributed by atoms with E-state index < -0.39 is 11.6 Å². The summed E-state index contributed by atoms with van der Waals surface area (Å²) in [6, 6.07) is 10.5. The fourth-order valence-corrected chi connectivity index (χ4v) is 5.14. The van der Waals surface area contributed by atoms with E-state index in [1.807, 2.05) is 32.0 Å². The molecule has 2 N–H and O–H groups in total. The molecule has 0 unspecified atom stereocenters. The summed E-state index contributed by atoms with van der Waals surface area (Å²) in [6.07, 6.45) is 5.25. The van der Waals surface area contributed by atoms with Crippen molar-refractivity contribution in [3.8, 4) is 0 Å². The number of hydrogen-bond donors (Lipinski definition) is 2. The lowest BCUT2D eigenvalue weighted by atomic mass is 9.95. The van der Waals surface area contributed by atoms with Gasteiger partial charge in [0.05, 0.1) is 10.9 Å². The Hall–Kier alpha value is -4.21. The molecule has 0 saturated heterocycles. The van der Waals surface area contributed by atoms with Gasteiger partial charge in [-0.1, -0.05) is 25.3 Å². The number of benzene rings is 2. The SMILES string of the molecule is Cc1cc(C)cc(NC(=O)Cn2nc3n(C)c(=O)c4ccc(C(=O)NC5CCCCC5)cc4n3c2=O)c1. The van der Waals surface area contributed by atoms with Gasteiger partial charge in [-0.25, -0.2) is 13.9 Å². The summed E-state index contributed by atoms with van der Waals surface area (Å²) in [6.45, 7) is 3.54. The van der Waals surface area contributed by atoms with Crippen molar-refractivity contribution in [2.24, 2.45) is 7.05 Å². The molecule has 37 heavy (non-hydrogen) atoms. The Kier molecular flexibility index (Phi) is 6.41. The second-order valence-corrected chi connectivity index (χ2v) is 9.90. The van der Waals surface area contributed by atoms with Crippen molar-refractivity contribution in [3.63, 3.8) is 0 Å². The van der Waals surface area contributed by atoms with E-state index in [9.17, 15) is 19.2 Å². The molecule has 1 saturated carbocycles. The quantitative estimate of drug-likeness (QED) is 0.435. The zero-order valence-electron chi connectivity index (χ0n) is 21.2. The Bertz CT molecular complexity index is 1640. The average Bonchev–Trinajstić information content (AvgIpc) is 3.18. The zero-order valence-corrected chi connectivity index (χ0v) is 21.2. The highest BCUT2D eigenvalue weighted by Crippen LogP contribution is 2.19. The number of nitrogens with one attached hydrogen (secondary N) is 2. The molecule has 2 amide bonds. The van der Waals surface area contributed by atoms with Crippen LogP contribution in [0.4, 0.5) is 5.69 Å². The molecule has 4 aromatic rings. The number of aromatic nitrogens is 4. The number of hydrogen-bond acceptors (Lipinski definition) is 5. The first-order chi connectivity index (χ1) is 17.7. The first-order valence-corrected chi connectivity index (χ1v) is 12.5. The first-order valence-electron chi connectivity index (χ1n) is 12.5. The van der Waals surface area contributed by atoms with Gasteiger partial charge in [0.2, 0.25) is 11.7 Å². The molecule has 0 atom stereocenters. The molecular formula is C27H30N6O4. The van der Waals surface area contributed by atoms with Gasteiger partial charge in [0.25, 0.3) is 11.5 Å². The molecule has 0 bridgehead atoms. The maximum absolute atomic E-state index is 13.4. The van der Waals surface area contributed by atoms with Crippen LogP contribution in [0.15, 0.2) is 46.0 Å². The standard InChI is InChI=1S/C27H30N6O4/c1-16-11-17(2)13-20(12-16)28-23(34)15-32-27(37)33-22-14-18(24(35)29-19-7-5-4-6-8-19)9-10-21(22)25(36)31(3)26(33)30-32/h9-14,19H,4-8,15H2,1-3H3,(H,28,34)(H,29,35). The predicted octanol–water partition coefficient (Wildman–Crippen LogP) is 2.67. The van der Waals surface area contributed by atoms with E-state index in [0.29, 0.717) is 11.3 Å². The van der Waals surface area contributed by atoms with E-state index in [0.717, 1.165) is 41.5 Å². The molecular weight excluding hydrogens is 472 g/mol. The van der Waals surface area contributed by atoms with E-state index in [4.69, 9.17) is 0 Å². The normalized spacial score (nSPS) is 14.2. The Balaban J connectivity index is 1.50. The minimum atomic E-state index is -0.573. The van der Waals surface area contributed by atoms with E-state index in [1.54, 1.807) is 18.2 Å². The summed E-state index contributed by atoms with van der Waals surface area (Å²) in [5.41, 5.74) is 2.36. The fraction of sp³-hybridized carbons (Fsp3) is 0.370. The van der Waals surface area contributed by atoms with Crippen LogP contribution in [0.1, 0.15) is 53.6 Å². The molecule has 2 aromatic heterocycles. The second kappa shape index (κ2) is 9.68. The minimum Gasteiger partial charge on any atom is -0.349 e. The van der Waals surface area contributed by atoms with E-state index in [-0.39, 0.29) is 40.7 Å². The Morgan fingerprint density at radius 2 is 1.70 bits per heavy atom. The molecule has 192 valence electrons. The summed E-state index contributed by atoms with van der Waals surface area (Å²) in [7, 11) is 1.52. The molecule has 2 heterocycles. The van der Waals surface area contributed by atoms with Crippen LogP contribution >= 0.6 is 0 Å². The monoisotopic (exact) mass is 502 g/mol. The van der Waals surface area contributed by atoms with Gasteiger partial charge in [0.15, 0.2) is 0 Å². The predicted molar refractivity (Wildman–Crippen MR) is 141 cm³/mol. The van der Waals surface area contributed by atoms with Gasteiger partial charge >= 0.3 is 5.69 Å². The highest BCUT2D eigenvalue weighted by molar-refractivity contribution is 5.98. The molecule has 0 spiro atoms. The second-order valence-electron chi connectivity index (χ2n) is 9.90. The molecule has 1 aliphatic carbocycles. The van der Waals surface area contributed by atoms with Crippen LogP contribution in [0.2, 0.25) is 0 Å². The maximum Gasteiger partial charge on any atom is 0.352 e. The van der Waals surface area contributed by atoms with Crippen molar-refractivity contribution in [2.75, 3.05) is 5.32 Å². The number of aryl methyl sites for hydroxylation is 3. The highest BCUT2D eigenvalue weighted by Gasteiger charge is 2.20. The molecule has 5 rings (SSSR count). The lowest BCUT2D eigenvalue weighted by molar-refractivity contribution is -0.117. The Labute approximate surface area is 212 Å². The molecule has 10 nitrogen and oxygen atoms in total. The van der Waals surface area contributed by atoms with Gasteiger partial charge in [-0.3, -0.25) is 19.0 Å². The number of carbonyl (C=O) groups is 2. The summed E-state index contributed by atoms with van der Waals surface area (Å²) in [5.74, 6) is -0.570. The number of rotatable bonds is 5. The zero-order chi connectivity index (χ0) is 26.3. The van der Waals surface area contributed by atoms with E-state index >= 15 is 0 Å². The van der Waals surface area contributed by atoms with Crippen LogP contribution in [0.25, 0.3) is 16.7 Å². The van der Waals surface area contributed by atoms with Crippen LogP contribution < -0.4 is 21.9 Å². The topological polar surface area (TPSA) is 120 Å². The highest BCUT2D eigenvalue weighted by atomic mass is 16.2. The molecule has 10 heteroatoms. The third kappa shape index (κ3) is 4.78. The molecule has 1 aliphatic rings. The lowest BCUT2D eigenvalue weighted by Crippen LogP contribution is -2.36. The van der Waals surface area contributed by atoms with Crippen molar-refractivity contribution in [1.29, 1.82) is 0 Å². The Morgan fingerprint density at radius 3 is 2.41 bits per heavy atom.